The van der Waals surface area contributed by atoms with E-state index >= 15 is 0 Å². The first kappa shape index (κ1) is 20.8. The lowest BCUT2D eigenvalue weighted by molar-refractivity contribution is 0.0934. The Labute approximate surface area is 169 Å². The highest BCUT2D eigenvalue weighted by molar-refractivity contribution is 7.99. The monoisotopic (exact) mass is 422 g/mol. The number of fused-ring (bicyclic) bond motifs is 1. The number of nitrogens with zero attached hydrogens (tertiary/aromatic N) is 1. The second-order valence-corrected chi connectivity index (χ2v) is 9.54. The van der Waals surface area contributed by atoms with Gasteiger partial charge in [-0.15, -0.1) is 11.8 Å². The Morgan fingerprint density at radius 1 is 1.21 bits per heavy atom. The number of hydrogen-bond acceptors (Lipinski definition) is 4. The first-order valence-corrected chi connectivity index (χ1v) is 11.6. The van der Waals surface area contributed by atoms with Crippen LogP contribution in [0.5, 0.6) is 0 Å². The molecular weight excluding hydrogens is 399 g/mol. The summed E-state index contributed by atoms with van der Waals surface area (Å²) in [5.41, 5.74) is 1.03. The van der Waals surface area contributed by atoms with Gasteiger partial charge in [0, 0.05) is 29.3 Å². The highest BCUT2D eigenvalue weighted by atomic mass is 32.2. The molecule has 0 radical (unpaired) electrons. The molecule has 150 valence electrons. The molecule has 8 heteroatoms. The van der Waals surface area contributed by atoms with Crippen LogP contribution in [-0.4, -0.2) is 37.5 Å². The number of carbonyl (C=O) groups excluding carboxylic acids is 1. The summed E-state index contributed by atoms with van der Waals surface area (Å²) < 4.78 is 40.4. The topological polar surface area (TPSA) is 66.5 Å². The van der Waals surface area contributed by atoms with Crippen LogP contribution in [-0.2, 0) is 10.0 Å². The summed E-state index contributed by atoms with van der Waals surface area (Å²) in [4.78, 5) is 13.8. The Balaban J connectivity index is 1.85. The van der Waals surface area contributed by atoms with Gasteiger partial charge in [-0.25, -0.2) is 12.8 Å². The molecule has 0 unspecified atom stereocenters. The van der Waals surface area contributed by atoms with E-state index in [1.165, 1.54) is 28.6 Å². The third-order valence-electron chi connectivity index (χ3n) is 4.76. The number of hydrogen-bond donors (Lipinski definition) is 1. The van der Waals surface area contributed by atoms with Crippen molar-refractivity contribution in [3.63, 3.8) is 0 Å². The molecule has 1 heterocycles. The summed E-state index contributed by atoms with van der Waals surface area (Å²) in [5.74, 6) is 0.108. The first-order valence-electron chi connectivity index (χ1n) is 9.20. The van der Waals surface area contributed by atoms with E-state index in [0.29, 0.717) is 19.5 Å². The lowest BCUT2D eigenvalue weighted by atomic mass is 10.0. The van der Waals surface area contributed by atoms with Gasteiger partial charge in [-0.1, -0.05) is 19.9 Å². The van der Waals surface area contributed by atoms with Gasteiger partial charge in [0.2, 0.25) is 10.0 Å². The van der Waals surface area contributed by atoms with Gasteiger partial charge in [-0.3, -0.25) is 4.79 Å². The minimum Gasteiger partial charge on any atom is -0.345 e. The maximum absolute atomic E-state index is 13.7. The van der Waals surface area contributed by atoms with Crippen LogP contribution >= 0.6 is 11.8 Å². The van der Waals surface area contributed by atoms with Crippen LogP contribution in [0.15, 0.2) is 52.3 Å². The average molecular weight is 423 g/mol. The van der Waals surface area contributed by atoms with Crippen molar-refractivity contribution >= 4 is 27.7 Å². The van der Waals surface area contributed by atoms with Gasteiger partial charge in [0.25, 0.3) is 5.91 Å². The third kappa shape index (κ3) is 4.24. The molecule has 2 aromatic carbocycles. The zero-order chi connectivity index (χ0) is 20.3. The second kappa shape index (κ2) is 8.63. The smallest absolute Gasteiger partial charge is 0.251 e. The largest absolute Gasteiger partial charge is 0.345 e. The number of benzene rings is 2. The number of halogens is 1. The summed E-state index contributed by atoms with van der Waals surface area (Å²) in [6, 6.07) is 10.3. The van der Waals surface area contributed by atoms with Crippen molar-refractivity contribution in [2.75, 3.05) is 18.8 Å². The highest BCUT2D eigenvalue weighted by Crippen LogP contribution is 2.36. The van der Waals surface area contributed by atoms with E-state index in [1.54, 1.807) is 43.8 Å². The van der Waals surface area contributed by atoms with Gasteiger partial charge in [0.05, 0.1) is 10.9 Å². The third-order valence-corrected chi connectivity index (χ3v) is 7.92. The average Bonchev–Trinajstić information content (AvgIpc) is 2.69. The van der Waals surface area contributed by atoms with Crippen molar-refractivity contribution in [1.82, 2.24) is 9.62 Å². The molecule has 28 heavy (non-hydrogen) atoms. The van der Waals surface area contributed by atoms with Crippen molar-refractivity contribution in [2.45, 2.75) is 36.1 Å². The minimum atomic E-state index is -3.64. The fraction of sp³-hybridized carbons (Fsp3) is 0.350. The van der Waals surface area contributed by atoms with Crippen molar-refractivity contribution in [3.05, 3.63) is 59.4 Å². The lowest BCUT2D eigenvalue weighted by Gasteiger charge is -2.26. The Morgan fingerprint density at radius 3 is 2.68 bits per heavy atom. The molecule has 1 atom stereocenters. The van der Waals surface area contributed by atoms with Crippen molar-refractivity contribution < 1.29 is 17.6 Å². The molecular formula is C20H23FN2O3S2. The van der Waals surface area contributed by atoms with E-state index in [-0.39, 0.29) is 28.2 Å². The minimum absolute atomic E-state index is 0.0921. The summed E-state index contributed by atoms with van der Waals surface area (Å²) in [7, 11) is -3.64. The molecule has 0 fully saturated rings. The van der Waals surface area contributed by atoms with Crippen LogP contribution in [0.2, 0.25) is 0 Å². The van der Waals surface area contributed by atoms with Crippen molar-refractivity contribution in [1.29, 1.82) is 0 Å². The van der Waals surface area contributed by atoms with Gasteiger partial charge >= 0.3 is 0 Å². The van der Waals surface area contributed by atoms with E-state index < -0.39 is 10.0 Å². The maximum Gasteiger partial charge on any atom is 0.251 e. The van der Waals surface area contributed by atoms with Crippen LogP contribution in [0.4, 0.5) is 4.39 Å². The first-order chi connectivity index (χ1) is 13.4. The SMILES string of the molecule is CCN(CC)S(=O)(=O)c1cccc(C(=O)N[C@@H]2CCSc3ccc(F)cc32)c1. The van der Waals surface area contributed by atoms with Gasteiger partial charge in [-0.2, -0.15) is 4.31 Å². The number of rotatable bonds is 6. The fourth-order valence-corrected chi connectivity index (χ4v) is 5.88. The Morgan fingerprint density at radius 2 is 1.96 bits per heavy atom. The van der Waals surface area contributed by atoms with E-state index in [9.17, 15) is 17.6 Å². The molecule has 1 amide bonds. The molecule has 0 bridgehead atoms. The zero-order valence-corrected chi connectivity index (χ0v) is 17.4. The molecule has 1 aliphatic rings. The Hall–Kier alpha value is -1.90. The molecule has 0 saturated carbocycles. The zero-order valence-electron chi connectivity index (χ0n) is 15.8. The standard InChI is InChI=1S/C20H23FN2O3S2/c1-3-23(4-2)28(25,26)16-7-5-6-14(12-16)20(24)22-18-10-11-27-19-9-8-15(21)13-17(18)19/h5-9,12-13,18H,3-4,10-11H2,1-2H3,(H,22,24)/t18-/m1/s1. The summed E-state index contributed by atoms with van der Waals surface area (Å²) in [6.07, 6.45) is 0.685. The van der Waals surface area contributed by atoms with E-state index in [2.05, 4.69) is 5.32 Å². The number of sulfonamides is 1. The molecule has 5 nitrogen and oxygen atoms in total. The van der Waals surface area contributed by atoms with Crippen molar-refractivity contribution in [3.8, 4) is 0 Å². The Bertz CT molecular complexity index is 975. The predicted octanol–water partition coefficient (Wildman–Crippen LogP) is 3.82. The normalized spacial score (nSPS) is 16.6. The van der Waals surface area contributed by atoms with Gasteiger partial charge < -0.3 is 5.32 Å². The highest BCUT2D eigenvalue weighted by Gasteiger charge is 2.25. The van der Waals surface area contributed by atoms with E-state index in [4.69, 9.17) is 0 Å². The second-order valence-electron chi connectivity index (χ2n) is 6.46. The summed E-state index contributed by atoms with van der Waals surface area (Å²) >= 11 is 1.64. The van der Waals surface area contributed by atoms with Crippen molar-refractivity contribution in [2.24, 2.45) is 0 Å². The van der Waals surface area contributed by atoms with E-state index in [0.717, 1.165) is 16.2 Å². The number of thioether (sulfide) groups is 1. The van der Waals surface area contributed by atoms with Crippen LogP contribution < -0.4 is 5.32 Å². The van der Waals surface area contributed by atoms with E-state index in [1.807, 2.05) is 0 Å². The molecule has 0 saturated heterocycles. The molecule has 0 aliphatic carbocycles. The van der Waals surface area contributed by atoms with Crippen LogP contribution in [0.25, 0.3) is 0 Å². The van der Waals surface area contributed by atoms with Gasteiger partial charge in [0.1, 0.15) is 5.82 Å². The Kier molecular flexibility index (Phi) is 6.42. The lowest BCUT2D eigenvalue weighted by Crippen LogP contribution is -2.32. The predicted molar refractivity (Wildman–Crippen MR) is 108 cm³/mol. The molecule has 2 aromatic rings. The van der Waals surface area contributed by atoms with Crippen LogP contribution in [0, 0.1) is 5.82 Å². The number of amides is 1. The molecule has 3 rings (SSSR count). The number of carbonyl (C=O) groups is 1. The quantitative estimate of drug-likeness (QED) is 0.769. The molecule has 1 aliphatic heterocycles. The van der Waals surface area contributed by atoms with Gasteiger partial charge in [0.15, 0.2) is 0 Å². The fourth-order valence-electron chi connectivity index (χ4n) is 3.27. The summed E-state index contributed by atoms with van der Waals surface area (Å²) in [5, 5.41) is 2.93. The maximum atomic E-state index is 13.7. The number of nitrogens with one attached hydrogen (secondary N) is 1. The molecule has 0 spiro atoms. The van der Waals surface area contributed by atoms with Gasteiger partial charge in [-0.05, 0) is 48.4 Å². The molecule has 1 N–H and O–H groups in total. The van der Waals surface area contributed by atoms with Crippen LogP contribution in [0.1, 0.15) is 42.2 Å². The van der Waals surface area contributed by atoms with Crippen LogP contribution in [0.3, 0.4) is 0 Å². The summed E-state index contributed by atoms with van der Waals surface area (Å²) in [6.45, 7) is 4.26. The molecule has 0 aromatic heterocycles.